The van der Waals surface area contributed by atoms with Gasteiger partial charge in [-0.25, -0.2) is 15.0 Å². The summed E-state index contributed by atoms with van der Waals surface area (Å²) in [6.45, 7) is 2.36. The van der Waals surface area contributed by atoms with E-state index in [4.69, 9.17) is 10.00 Å². The van der Waals surface area contributed by atoms with Gasteiger partial charge in [-0.1, -0.05) is 18.1 Å². The SMILES string of the molecule is CC#CC(=O)N1CCCC1c1cc(-c2ccc(Oc3cc(C#N)ccn3)cc2)cc2cncnc12. The zero-order valence-corrected chi connectivity index (χ0v) is 19.1. The van der Waals surface area contributed by atoms with Crippen LogP contribution < -0.4 is 4.74 Å². The van der Waals surface area contributed by atoms with Crippen molar-refractivity contribution < 1.29 is 9.53 Å². The van der Waals surface area contributed by atoms with Gasteiger partial charge in [-0.05, 0) is 67.1 Å². The highest BCUT2D eigenvalue weighted by Gasteiger charge is 2.31. The van der Waals surface area contributed by atoms with Crippen LogP contribution in [0.3, 0.4) is 0 Å². The predicted molar refractivity (Wildman–Crippen MR) is 131 cm³/mol. The summed E-state index contributed by atoms with van der Waals surface area (Å²) in [6, 6.07) is 17.1. The summed E-state index contributed by atoms with van der Waals surface area (Å²) in [4.78, 5) is 27.4. The summed E-state index contributed by atoms with van der Waals surface area (Å²) in [5, 5.41) is 9.99. The lowest BCUT2D eigenvalue weighted by atomic mass is 9.95. The average molecular weight is 460 g/mol. The number of likely N-dealkylation sites (tertiary alicyclic amines) is 1. The van der Waals surface area contributed by atoms with Crippen molar-refractivity contribution in [2.24, 2.45) is 0 Å². The van der Waals surface area contributed by atoms with Crippen molar-refractivity contribution in [2.75, 3.05) is 6.54 Å². The minimum atomic E-state index is -0.154. The lowest BCUT2D eigenvalue weighted by molar-refractivity contribution is -0.125. The van der Waals surface area contributed by atoms with Crippen LogP contribution in [0.25, 0.3) is 22.0 Å². The van der Waals surface area contributed by atoms with Crippen LogP contribution in [0.15, 0.2) is 67.3 Å². The zero-order valence-electron chi connectivity index (χ0n) is 19.1. The highest BCUT2D eigenvalue weighted by Crippen LogP contribution is 2.38. The molecule has 1 aliphatic heterocycles. The van der Waals surface area contributed by atoms with Crippen LogP contribution in [0.2, 0.25) is 0 Å². The Morgan fingerprint density at radius 3 is 2.77 bits per heavy atom. The van der Waals surface area contributed by atoms with E-state index in [-0.39, 0.29) is 11.9 Å². The molecule has 2 aromatic carbocycles. The molecule has 1 atom stereocenters. The molecular formula is C28H21N5O2. The van der Waals surface area contributed by atoms with Gasteiger partial charge in [-0.2, -0.15) is 5.26 Å². The van der Waals surface area contributed by atoms with E-state index in [1.807, 2.05) is 29.2 Å². The Labute approximate surface area is 203 Å². The first-order valence-electron chi connectivity index (χ1n) is 11.3. The predicted octanol–water partition coefficient (Wildman–Crippen LogP) is 5.04. The van der Waals surface area contributed by atoms with Crippen LogP contribution in [0.1, 0.15) is 36.9 Å². The van der Waals surface area contributed by atoms with Crippen LogP contribution in [-0.2, 0) is 4.79 Å². The second-order valence-corrected chi connectivity index (χ2v) is 8.18. The van der Waals surface area contributed by atoms with E-state index in [1.54, 1.807) is 37.8 Å². The number of carbonyl (C=O) groups is 1. The molecule has 2 aromatic heterocycles. The van der Waals surface area contributed by atoms with Crippen molar-refractivity contribution >= 4 is 16.8 Å². The van der Waals surface area contributed by atoms with E-state index >= 15 is 0 Å². The quantitative estimate of drug-likeness (QED) is 0.397. The summed E-state index contributed by atoms with van der Waals surface area (Å²) in [7, 11) is 0. The Morgan fingerprint density at radius 2 is 1.97 bits per heavy atom. The summed E-state index contributed by atoms with van der Waals surface area (Å²) >= 11 is 0. The fourth-order valence-electron chi connectivity index (χ4n) is 4.44. The Hall–Kier alpha value is -4.75. The molecule has 1 unspecified atom stereocenters. The minimum absolute atomic E-state index is 0.0817. The van der Waals surface area contributed by atoms with Gasteiger partial charge in [0.2, 0.25) is 5.88 Å². The molecule has 0 radical (unpaired) electrons. The first-order valence-corrected chi connectivity index (χ1v) is 11.3. The van der Waals surface area contributed by atoms with Crippen LogP contribution in [0.5, 0.6) is 11.6 Å². The first-order chi connectivity index (χ1) is 17.2. The number of nitriles is 1. The molecule has 0 N–H and O–H groups in total. The van der Waals surface area contributed by atoms with Crippen molar-refractivity contribution in [3.8, 4) is 40.7 Å². The molecule has 1 fully saturated rings. The summed E-state index contributed by atoms with van der Waals surface area (Å²) in [6.07, 6.45) is 6.67. The third kappa shape index (κ3) is 4.53. The second-order valence-electron chi connectivity index (χ2n) is 8.18. The number of carbonyl (C=O) groups excluding carboxylic acids is 1. The molecule has 1 saturated heterocycles. The molecule has 0 bridgehead atoms. The number of nitrogens with zero attached hydrogens (tertiary/aromatic N) is 5. The van der Waals surface area contributed by atoms with E-state index in [9.17, 15) is 4.79 Å². The molecule has 4 aromatic rings. The van der Waals surface area contributed by atoms with Crippen LogP contribution >= 0.6 is 0 Å². The van der Waals surface area contributed by atoms with Gasteiger partial charge >= 0.3 is 0 Å². The van der Waals surface area contributed by atoms with Gasteiger partial charge in [0.05, 0.1) is 23.2 Å². The molecule has 7 nitrogen and oxygen atoms in total. The topological polar surface area (TPSA) is 92.0 Å². The minimum Gasteiger partial charge on any atom is -0.439 e. The fraction of sp³-hybridized carbons (Fsp3) is 0.179. The number of benzene rings is 2. The van der Waals surface area contributed by atoms with Crippen molar-refractivity contribution in [1.82, 2.24) is 19.9 Å². The first kappa shape index (κ1) is 22.1. The van der Waals surface area contributed by atoms with Gasteiger partial charge in [-0.3, -0.25) is 4.79 Å². The maximum Gasteiger partial charge on any atom is 0.298 e. The van der Waals surface area contributed by atoms with Crippen molar-refractivity contribution in [2.45, 2.75) is 25.8 Å². The summed E-state index contributed by atoms with van der Waals surface area (Å²) in [5.74, 6) is 6.23. The number of fused-ring (bicyclic) bond motifs is 1. The van der Waals surface area contributed by atoms with E-state index in [0.29, 0.717) is 23.7 Å². The standard InChI is InChI=1S/C28H21N5O2/c1-2-4-27(34)33-12-3-5-25(33)24-15-21(14-22-17-30-18-32-28(22)24)20-6-8-23(9-7-20)35-26-13-19(16-29)10-11-31-26/h6-11,13-15,17-18,25H,3,5,12H2,1H3. The van der Waals surface area contributed by atoms with E-state index in [0.717, 1.165) is 40.4 Å². The van der Waals surface area contributed by atoms with E-state index in [2.05, 4.69) is 45.0 Å². The molecule has 0 saturated carbocycles. The highest BCUT2D eigenvalue weighted by molar-refractivity contribution is 5.95. The second kappa shape index (κ2) is 9.62. The van der Waals surface area contributed by atoms with Crippen molar-refractivity contribution in [1.29, 1.82) is 5.26 Å². The van der Waals surface area contributed by atoms with Gasteiger partial charge in [0.1, 0.15) is 12.1 Å². The number of hydrogen-bond donors (Lipinski definition) is 0. The Morgan fingerprint density at radius 1 is 1.11 bits per heavy atom. The number of amides is 1. The molecule has 1 amide bonds. The third-order valence-corrected chi connectivity index (χ3v) is 6.01. The van der Waals surface area contributed by atoms with Crippen molar-refractivity contribution in [3.63, 3.8) is 0 Å². The van der Waals surface area contributed by atoms with Gasteiger partial charge in [-0.15, -0.1) is 0 Å². The number of rotatable bonds is 4. The van der Waals surface area contributed by atoms with Gasteiger partial charge in [0.15, 0.2) is 0 Å². The van der Waals surface area contributed by atoms with Gasteiger partial charge in [0.25, 0.3) is 5.91 Å². The normalized spacial score (nSPS) is 14.7. The number of pyridine rings is 1. The number of ether oxygens (including phenoxy) is 1. The number of aromatic nitrogens is 3. The molecular weight excluding hydrogens is 438 g/mol. The molecule has 3 heterocycles. The van der Waals surface area contributed by atoms with Gasteiger partial charge < -0.3 is 9.64 Å². The Bertz CT molecular complexity index is 1510. The maximum absolute atomic E-state index is 12.6. The van der Waals surface area contributed by atoms with Crippen LogP contribution in [0, 0.1) is 23.2 Å². The molecule has 0 aliphatic carbocycles. The molecule has 1 aliphatic rings. The molecule has 35 heavy (non-hydrogen) atoms. The van der Waals surface area contributed by atoms with Crippen LogP contribution in [-0.4, -0.2) is 32.3 Å². The molecule has 7 heteroatoms. The Balaban J connectivity index is 1.49. The average Bonchev–Trinajstić information content (AvgIpc) is 3.39. The van der Waals surface area contributed by atoms with Crippen molar-refractivity contribution in [3.05, 3.63) is 78.4 Å². The monoisotopic (exact) mass is 459 g/mol. The Kier molecular flexibility index (Phi) is 6.07. The largest absolute Gasteiger partial charge is 0.439 e. The fourth-order valence-corrected chi connectivity index (χ4v) is 4.44. The molecule has 5 rings (SSSR count). The van der Waals surface area contributed by atoms with E-state index in [1.165, 1.54) is 0 Å². The highest BCUT2D eigenvalue weighted by atomic mass is 16.5. The zero-order chi connectivity index (χ0) is 24.2. The van der Waals surface area contributed by atoms with E-state index < -0.39 is 0 Å². The lowest BCUT2D eigenvalue weighted by Crippen LogP contribution is -2.29. The smallest absolute Gasteiger partial charge is 0.298 e. The molecule has 170 valence electrons. The van der Waals surface area contributed by atoms with Crippen LogP contribution in [0.4, 0.5) is 0 Å². The number of hydrogen-bond acceptors (Lipinski definition) is 6. The summed E-state index contributed by atoms with van der Waals surface area (Å²) < 4.78 is 5.81. The molecule has 0 spiro atoms. The lowest BCUT2D eigenvalue weighted by Gasteiger charge is -2.24. The third-order valence-electron chi connectivity index (χ3n) is 6.01. The summed E-state index contributed by atoms with van der Waals surface area (Å²) in [5.41, 5.74) is 4.33. The van der Waals surface area contributed by atoms with Gasteiger partial charge in [0, 0.05) is 36.0 Å². The maximum atomic E-state index is 12.6.